The summed E-state index contributed by atoms with van der Waals surface area (Å²) in [4.78, 5) is 0. The lowest BCUT2D eigenvalue weighted by molar-refractivity contribution is 0.881. The predicted molar refractivity (Wildman–Crippen MR) is 78.0 cm³/mol. The van der Waals surface area contributed by atoms with E-state index in [0.29, 0.717) is 5.56 Å². The molecule has 0 aliphatic carbocycles. The number of benzene rings is 2. The molecule has 4 heteroatoms. The van der Waals surface area contributed by atoms with Crippen molar-refractivity contribution in [1.82, 2.24) is 9.78 Å². The SMILES string of the molecule is N#Cc1ccc(Nc2cccc(-n3cccn3)c2)cc1. The molecule has 1 aromatic heterocycles. The van der Waals surface area contributed by atoms with Gasteiger partial charge in [0.15, 0.2) is 0 Å². The monoisotopic (exact) mass is 260 g/mol. The van der Waals surface area contributed by atoms with Crippen molar-refractivity contribution in [2.45, 2.75) is 0 Å². The normalized spacial score (nSPS) is 9.95. The van der Waals surface area contributed by atoms with E-state index >= 15 is 0 Å². The van der Waals surface area contributed by atoms with Crippen LogP contribution in [0.4, 0.5) is 11.4 Å². The molecule has 0 aliphatic rings. The van der Waals surface area contributed by atoms with Gasteiger partial charge >= 0.3 is 0 Å². The van der Waals surface area contributed by atoms with E-state index in [4.69, 9.17) is 5.26 Å². The molecule has 4 nitrogen and oxygen atoms in total. The predicted octanol–water partition coefficient (Wildman–Crippen LogP) is 3.49. The Hall–Kier alpha value is -3.06. The van der Waals surface area contributed by atoms with Crippen molar-refractivity contribution < 1.29 is 0 Å². The molecule has 0 spiro atoms. The number of aromatic nitrogens is 2. The molecular weight excluding hydrogens is 248 g/mol. The van der Waals surface area contributed by atoms with Gasteiger partial charge in [0.2, 0.25) is 0 Å². The summed E-state index contributed by atoms with van der Waals surface area (Å²) in [6.07, 6.45) is 3.65. The van der Waals surface area contributed by atoms with Crippen LogP contribution in [-0.4, -0.2) is 9.78 Å². The quantitative estimate of drug-likeness (QED) is 0.784. The van der Waals surface area contributed by atoms with Crippen LogP contribution in [0.5, 0.6) is 0 Å². The van der Waals surface area contributed by atoms with Crippen molar-refractivity contribution in [3.8, 4) is 11.8 Å². The van der Waals surface area contributed by atoms with E-state index in [1.165, 1.54) is 0 Å². The number of hydrogen-bond donors (Lipinski definition) is 1. The first kappa shape index (κ1) is 12.0. The number of nitriles is 1. The zero-order chi connectivity index (χ0) is 13.8. The highest BCUT2D eigenvalue weighted by atomic mass is 15.3. The lowest BCUT2D eigenvalue weighted by atomic mass is 10.2. The van der Waals surface area contributed by atoms with Crippen molar-refractivity contribution in [3.63, 3.8) is 0 Å². The Morgan fingerprint density at radius 2 is 1.85 bits per heavy atom. The number of rotatable bonds is 3. The Labute approximate surface area is 116 Å². The van der Waals surface area contributed by atoms with Gasteiger partial charge in [0.05, 0.1) is 17.3 Å². The number of nitrogens with zero attached hydrogens (tertiary/aromatic N) is 3. The van der Waals surface area contributed by atoms with E-state index in [1.807, 2.05) is 53.3 Å². The molecule has 0 amide bonds. The van der Waals surface area contributed by atoms with Crippen LogP contribution in [0.2, 0.25) is 0 Å². The highest BCUT2D eigenvalue weighted by Crippen LogP contribution is 2.19. The molecule has 0 radical (unpaired) electrons. The van der Waals surface area contributed by atoms with Crippen LogP contribution in [0.1, 0.15) is 5.56 Å². The first-order valence-electron chi connectivity index (χ1n) is 6.22. The van der Waals surface area contributed by atoms with Crippen LogP contribution < -0.4 is 5.32 Å². The van der Waals surface area contributed by atoms with E-state index in [-0.39, 0.29) is 0 Å². The molecule has 0 saturated carbocycles. The summed E-state index contributed by atoms with van der Waals surface area (Å²) >= 11 is 0. The minimum absolute atomic E-state index is 0.654. The van der Waals surface area contributed by atoms with Gasteiger partial charge in [-0.25, -0.2) is 4.68 Å². The van der Waals surface area contributed by atoms with E-state index in [1.54, 1.807) is 18.3 Å². The van der Waals surface area contributed by atoms with E-state index < -0.39 is 0 Å². The minimum Gasteiger partial charge on any atom is -0.355 e. The van der Waals surface area contributed by atoms with Gasteiger partial charge in [0.25, 0.3) is 0 Å². The molecule has 0 bridgehead atoms. The second-order valence-electron chi connectivity index (χ2n) is 4.32. The zero-order valence-electron chi connectivity index (χ0n) is 10.7. The third-order valence-electron chi connectivity index (χ3n) is 2.92. The van der Waals surface area contributed by atoms with Gasteiger partial charge in [-0.05, 0) is 48.5 Å². The molecule has 3 aromatic rings. The van der Waals surface area contributed by atoms with Crippen LogP contribution in [0.25, 0.3) is 5.69 Å². The van der Waals surface area contributed by atoms with Crippen LogP contribution >= 0.6 is 0 Å². The van der Waals surface area contributed by atoms with Crippen molar-refractivity contribution >= 4 is 11.4 Å². The Bertz CT molecular complexity index is 737. The van der Waals surface area contributed by atoms with Gasteiger partial charge in [-0.1, -0.05) is 6.07 Å². The third kappa shape index (κ3) is 2.52. The van der Waals surface area contributed by atoms with Crippen molar-refractivity contribution in [2.24, 2.45) is 0 Å². The van der Waals surface area contributed by atoms with E-state index in [2.05, 4.69) is 16.5 Å². The molecular formula is C16H12N4. The number of hydrogen-bond acceptors (Lipinski definition) is 3. The molecule has 3 rings (SSSR count). The zero-order valence-corrected chi connectivity index (χ0v) is 10.7. The summed E-state index contributed by atoms with van der Waals surface area (Å²) in [6, 6.07) is 19.3. The first-order chi connectivity index (χ1) is 9.85. The van der Waals surface area contributed by atoms with Crippen LogP contribution in [0.15, 0.2) is 67.0 Å². The fourth-order valence-electron chi connectivity index (χ4n) is 1.94. The largest absolute Gasteiger partial charge is 0.355 e. The Kier molecular flexibility index (Phi) is 3.17. The van der Waals surface area contributed by atoms with Gasteiger partial charge in [0, 0.05) is 23.8 Å². The van der Waals surface area contributed by atoms with Crippen molar-refractivity contribution in [3.05, 3.63) is 72.6 Å². The molecule has 96 valence electrons. The smallest absolute Gasteiger partial charge is 0.0991 e. The van der Waals surface area contributed by atoms with Crippen LogP contribution in [-0.2, 0) is 0 Å². The van der Waals surface area contributed by atoms with Gasteiger partial charge in [-0.3, -0.25) is 0 Å². The molecule has 20 heavy (non-hydrogen) atoms. The average Bonchev–Trinajstić information content (AvgIpc) is 3.03. The number of anilines is 2. The van der Waals surface area contributed by atoms with Crippen molar-refractivity contribution in [1.29, 1.82) is 5.26 Å². The molecule has 1 heterocycles. The fourth-order valence-corrected chi connectivity index (χ4v) is 1.94. The average molecular weight is 260 g/mol. The lowest BCUT2D eigenvalue weighted by Gasteiger charge is -2.08. The highest BCUT2D eigenvalue weighted by Gasteiger charge is 1.99. The first-order valence-corrected chi connectivity index (χ1v) is 6.22. The van der Waals surface area contributed by atoms with Crippen LogP contribution in [0, 0.1) is 11.3 Å². The van der Waals surface area contributed by atoms with Gasteiger partial charge in [-0.15, -0.1) is 0 Å². The van der Waals surface area contributed by atoms with Gasteiger partial charge in [-0.2, -0.15) is 10.4 Å². The molecule has 1 N–H and O–H groups in total. The Morgan fingerprint density at radius 3 is 2.55 bits per heavy atom. The second-order valence-corrected chi connectivity index (χ2v) is 4.32. The van der Waals surface area contributed by atoms with Gasteiger partial charge < -0.3 is 5.32 Å². The second kappa shape index (κ2) is 5.29. The summed E-state index contributed by atoms with van der Waals surface area (Å²) in [7, 11) is 0. The maximum Gasteiger partial charge on any atom is 0.0991 e. The molecule has 0 saturated heterocycles. The summed E-state index contributed by atoms with van der Waals surface area (Å²) < 4.78 is 1.81. The molecule has 0 atom stereocenters. The molecule has 0 fully saturated rings. The maximum absolute atomic E-state index is 8.78. The molecule has 0 aliphatic heterocycles. The highest BCUT2D eigenvalue weighted by molar-refractivity contribution is 5.62. The lowest BCUT2D eigenvalue weighted by Crippen LogP contribution is -1.96. The summed E-state index contributed by atoms with van der Waals surface area (Å²) in [5, 5.41) is 16.3. The summed E-state index contributed by atoms with van der Waals surface area (Å²) in [5.41, 5.74) is 3.57. The standard InChI is InChI=1S/C16H12N4/c17-12-13-5-7-14(8-6-13)19-15-3-1-4-16(11-15)20-10-2-9-18-20/h1-11,19H. The van der Waals surface area contributed by atoms with E-state index in [0.717, 1.165) is 17.1 Å². The van der Waals surface area contributed by atoms with E-state index in [9.17, 15) is 0 Å². The molecule has 0 unspecified atom stereocenters. The third-order valence-corrected chi connectivity index (χ3v) is 2.92. The van der Waals surface area contributed by atoms with Gasteiger partial charge in [0.1, 0.15) is 0 Å². The Morgan fingerprint density at radius 1 is 1.00 bits per heavy atom. The summed E-state index contributed by atoms with van der Waals surface area (Å²) in [5.74, 6) is 0. The topological polar surface area (TPSA) is 53.6 Å². The fraction of sp³-hybridized carbons (Fsp3) is 0. The molecule has 2 aromatic carbocycles. The minimum atomic E-state index is 0.654. The maximum atomic E-state index is 8.78. The van der Waals surface area contributed by atoms with Crippen molar-refractivity contribution in [2.75, 3.05) is 5.32 Å². The number of nitrogens with one attached hydrogen (secondary N) is 1. The summed E-state index contributed by atoms with van der Waals surface area (Å²) in [6.45, 7) is 0. The van der Waals surface area contributed by atoms with Crippen LogP contribution in [0.3, 0.4) is 0 Å². The Balaban J connectivity index is 1.84.